The minimum atomic E-state index is -0.871. The van der Waals surface area contributed by atoms with Crippen molar-refractivity contribution in [1.82, 2.24) is 24.8 Å². The average molecular weight is 535 g/mol. The van der Waals surface area contributed by atoms with Crippen molar-refractivity contribution in [3.63, 3.8) is 0 Å². The number of anilines is 1. The number of benzene rings is 1. The van der Waals surface area contributed by atoms with Gasteiger partial charge in [-0.2, -0.15) is 0 Å². The van der Waals surface area contributed by atoms with Gasteiger partial charge in [0.25, 0.3) is 17.0 Å². The predicted molar refractivity (Wildman–Crippen MR) is 144 cm³/mol. The van der Waals surface area contributed by atoms with Crippen LogP contribution in [0.5, 0.6) is 0 Å². The topological polar surface area (TPSA) is 161 Å². The second-order valence-electron chi connectivity index (χ2n) is 9.89. The van der Waals surface area contributed by atoms with Crippen LogP contribution in [0.2, 0.25) is 0 Å². The maximum Gasteiger partial charge on any atom is 0.262 e. The van der Waals surface area contributed by atoms with Crippen LogP contribution in [-0.4, -0.2) is 43.8 Å². The molecule has 3 aromatic rings. The van der Waals surface area contributed by atoms with Crippen molar-refractivity contribution in [2.75, 3.05) is 5.32 Å². The maximum atomic E-state index is 13.5. The number of nitrogens with one attached hydrogen (secondary N) is 3. The van der Waals surface area contributed by atoms with Gasteiger partial charge in [0.1, 0.15) is 23.9 Å². The minimum absolute atomic E-state index is 0.108. The number of rotatable bonds is 6. The van der Waals surface area contributed by atoms with Crippen LogP contribution >= 0.6 is 0 Å². The highest BCUT2D eigenvalue weighted by atomic mass is 16.2. The average Bonchev–Trinajstić information content (AvgIpc) is 2.83. The second kappa shape index (κ2) is 10.6. The molecule has 1 atom stereocenters. The third-order valence-electron chi connectivity index (χ3n) is 6.62. The highest BCUT2D eigenvalue weighted by Crippen LogP contribution is 2.24. The molecule has 12 heteroatoms. The van der Waals surface area contributed by atoms with E-state index in [9.17, 15) is 28.8 Å². The molecule has 12 nitrogen and oxygen atoms in total. The molecule has 3 N–H and O–H groups in total. The largest absolute Gasteiger partial charge is 0.352 e. The number of pyridine rings is 1. The zero-order valence-corrected chi connectivity index (χ0v) is 22.4. The molecule has 4 amide bonds. The van der Waals surface area contributed by atoms with Gasteiger partial charge in [-0.05, 0) is 58.7 Å². The van der Waals surface area contributed by atoms with Crippen LogP contribution in [0.1, 0.15) is 60.2 Å². The lowest BCUT2D eigenvalue weighted by Crippen LogP contribution is -2.45. The quantitative estimate of drug-likeness (QED) is 0.401. The molecular formula is C27H30N6O6. The van der Waals surface area contributed by atoms with Crippen molar-refractivity contribution in [3.8, 4) is 0 Å². The van der Waals surface area contributed by atoms with Gasteiger partial charge in [0.2, 0.25) is 17.7 Å². The lowest BCUT2D eigenvalue weighted by Gasteiger charge is -2.24. The van der Waals surface area contributed by atoms with Gasteiger partial charge in [-0.1, -0.05) is 6.07 Å². The van der Waals surface area contributed by atoms with Crippen molar-refractivity contribution in [3.05, 3.63) is 67.6 Å². The molecule has 0 radical (unpaired) electrons. The van der Waals surface area contributed by atoms with Crippen molar-refractivity contribution >= 4 is 40.2 Å². The number of carbonyl (C=O) groups excluding carboxylic acids is 4. The number of hydrogen-bond donors (Lipinski definition) is 3. The van der Waals surface area contributed by atoms with Gasteiger partial charge in [0.15, 0.2) is 0 Å². The van der Waals surface area contributed by atoms with E-state index in [0.29, 0.717) is 11.3 Å². The Kier molecular flexibility index (Phi) is 7.48. The number of nitrogens with zero attached hydrogens (tertiary/aromatic N) is 3. The Morgan fingerprint density at radius 3 is 2.51 bits per heavy atom. The zero-order valence-electron chi connectivity index (χ0n) is 22.4. The fourth-order valence-electron chi connectivity index (χ4n) is 4.88. The predicted octanol–water partition coefficient (Wildman–Crippen LogP) is 1.24. The molecule has 0 bridgehead atoms. The van der Waals surface area contributed by atoms with Gasteiger partial charge in [-0.25, -0.2) is 4.98 Å². The molecule has 0 saturated carbocycles. The fourth-order valence-corrected chi connectivity index (χ4v) is 4.88. The Bertz CT molecular complexity index is 1650. The SMILES string of the molecule is Cc1cc(=O)n(CC(=O)NC(C)C)c(C)c1C(=O)Nc1cccc2c(=O)n(C3CCC(=O)NC3=O)c(C)nc12. The van der Waals surface area contributed by atoms with E-state index < -0.39 is 34.9 Å². The summed E-state index contributed by atoms with van der Waals surface area (Å²) >= 11 is 0. The first-order valence-corrected chi connectivity index (χ1v) is 12.6. The van der Waals surface area contributed by atoms with Crippen molar-refractivity contribution in [2.24, 2.45) is 0 Å². The number of fused-ring (bicyclic) bond motifs is 1. The Hall–Kier alpha value is -4.61. The van der Waals surface area contributed by atoms with Crippen LogP contribution in [0.15, 0.2) is 33.9 Å². The summed E-state index contributed by atoms with van der Waals surface area (Å²) in [6, 6.07) is 5.05. The Morgan fingerprint density at radius 1 is 1.13 bits per heavy atom. The van der Waals surface area contributed by atoms with E-state index in [1.807, 2.05) is 0 Å². The lowest BCUT2D eigenvalue weighted by atomic mass is 10.0. The summed E-state index contributed by atoms with van der Waals surface area (Å²) in [7, 11) is 0. The highest BCUT2D eigenvalue weighted by molar-refractivity contribution is 6.09. The first-order chi connectivity index (χ1) is 18.4. The van der Waals surface area contributed by atoms with Gasteiger partial charge in [0, 0.05) is 24.2 Å². The first-order valence-electron chi connectivity index (χ1n) is 12.6. The molecule has 1 aliphatic rings. The molecule has 1 unspecified atom stereocenters. The summed E-state index contributed by atoms with van der Waals surface area (Å²) in [5, 5.41) is 7.97. The third-order valence-corrected chi connectivity index (χ3v) is 6.62. The summed E-state index contributed by atoms with van der Waals surface area (Å²) in [6.07, 6.45) is 0.287. The smallest absolute Gasteiger partial charge is 0.262 e. The van der Waals surface area contributed by atoms with Crippen molar-refractivity contribution < 1.29 is 19.2 Å². The number of imide groups is 1. The number of piperidine rings is 1. The summed E-state index contributed by atoms with van der Waals surface area (Å²) < 4.78 is 2.51. The fraction of sp³-hybridized carbons (Fsp3) is 0.370. The van der Waals surface area contributed by atoms with Gasteiger partial charge in [-0.3, -0.25) is 38.7 Å². The highest BCUT2D eigenvalue weighted by Gasteiger charge is 2.31. The molecule has 4 rings (SSSR count). The van der Waals surface area contributed by atoms with E-state index in [1.54, 1.807) is 52.8 Å². The normalized spacial score (nSPS) is 15.4. The zero-order chi connectivity index (χ0) is 28.6. The van der Waals surface area contributed by atoms with Gasteiger partial charge < -0.3 is 15.2 Å². The molecular weight excluding hydrogens is 504 g/mol. The van der Waals surface area contributed by atoms with E-state index in [2.05, 4.69) is 20.9 Å². The van der Waals surface area contributed by atoms with Gasteiger partial charge in [-0.15, -0.1) is 0 Å². The van der Waals surface area contributed by atoms with Crippen LogP contribution in [-0.2, 0) is 20.9 Å². The third kappa shape index (κ3) is 5.35. The number of carbonyl (C=O) groups is 4. The molecule has 204 valence electrons. The van der Waals surface area contributed by atoms with E-state index in [-0.39, 0.29) is 59.3 Å². The van der Waals surface area contributed by atoms with Crippen LogP contribution in [0.25, 0.3) is 10.9 Å². The molecule has 2 aromatic heterocycles. The summed E-state index contributed by atoms with van der Waals surface area (Å²) in [6.45, 7) is 8.18. The van der Waals surface area contributed by atoms with Gasteiger partial charge >= 0.3 is 0 Å². The maximum absolute atomic E-state index is 13.5. The molecule has 0 spiro atoms. The molecule has 0 aliphatic carbocycles. The van der Waals surface area contributed by atoms with E-state index in [4.69, 9.17) is 0 Å². The Balaban J connectivity index is 1.72. The van der Waals surface area contributed by atoms with Crippen LogP contribution in [0, 0.1) is 20.8 Å². The molecule has 3 heterocycles. The first kappa shape index (κ1) is 27.4. The number of para-hydroxylation sites is 1. The number of hydrogen-bond acceptors (Lipinski definition) is 7. The van der Waals surface area contributed by atoms with Crippen molar-refractivity contribution in [2.45, 2.75) is 66.1 Å². The van der Waals surface area contributed by atoms with Crippen LogP contribution in [0.3, 0.4) is 0 Å². The standard InChI is InChI=1S/C27H30N6O6/c1-13(2)28-21(35)12-32-15(4)23(14(3)11-22(32)36)26(38)30-18-8-6-7-17-24(18)29-16(5)33(27(17)39)19-9-10-20(34)31-25(19)37/h6-8,11,13,19H,9-10,12H2,1-5H3,(H,28,35)(H,30,38)(H,31,34,37). The van der Waals surface area contributed by atoms with Crippen LogP contribution in [0.4, 0.5) is 5.69 Å². The van der Waals surface area contributed by atoms with E-state index in [1.165, 1.54) is 15.2 Å². The van der Waals surface area contributed by atoms with E-state index >= 15 is 0 Å². The molecule has 1 aromatic carbocycles. The van der Waals surface area contributed by atoms with Crippen LogP contribution < -0.4 is 27.1 Å². The van der Waals surface area contributed by atoms with Crippen molar-refractivity contribution in [1.29, 1.82) is 0 Å². The summed E-state index contributed by atoms with van der Waals surface area (Å²) in [5.74, 6) is -1.60. The molecule has 1 saturated heterocycles. The number of aryl methyl sites for hydroxylation is 2. The number of aromatic nitrogens is 3. The molecule has 1 fully saturated rings. The molecule has 1 aliphatic heterocycles. The lowest BCUT2D eigenvalue weighted by molar-refractivity contribution is -0.135. The molecule has 39 heavy (non-hydrogen) atoms. The number of amides is 4. The Labute approximate surface area is 223 Å². The van der Waals surface area contributed by atoms with E-state index in [0.717, 1.165) is 0 Å². The second-order valence-corrected chi connectivity index (χ2v) is 9.89. The monoisotopic (exact) mass is 534 g/mol. The summed E-state index contributed by atoms with van der Waals surface area (Å²) in [4.78, 5) is 80.3. The minimum Gasteiger partial charge on any atom is -0.352 e. The summed E-state index contributed by atoms with van der Waals surface area (Å²) in [5.41, 5.74) is 0.592. The Morgan fingerprint density at radius 2 is 1.85 bits per heavy atom. The van der Waals surface area contributed by atoms with Gasteiger partial charge in [0.05, 0.1) is 16.6 Å².